The maximum atomic E-state index is 12.7. The van der Waals surface area contributed by atoms with Gasteiger partial charge in [-0.25, -0.2) is 8.42 Å². The van der Waals surface area contributed by atoms with Gasteiger partial charge >= 0.3 is 0 Å². The van der Waals surface area contributed by atoms with Gasteiger partial charge in [0.2, 0.25) is 10.0 Å². The molecule has 0 unspecified atom stereocenters. The lowest BCUT2D eigenvalue weighted by atomic mass is 10.2. The highest BCUT2D eigenvalue weighted by molar-refractivity contribution is 7.92. The number of nitrogens with zero attached hydrogens (tertiary/aromatic N) is 1. The molecular formula is C17H21N3O3S. The minimum absolute atomic E-state index is 0.241. The van der Waals surface area contributed by atoms with Gasteiger partial charge in [0, 0.05) is 12.2 Å². The molecule has 0 aliphatic heterocycles. The molecule has 6 nitrogen and oxygen atoms in total. The second-order valence-electron chi connectivity index (χ2n) is 6.11. The lowest BCUT2D eigenvalue weighted by Crippen LogP contribution is -2.20. The zero-order valence-corrected chi connectivity index (χ0v) is 14.3. The first-order valence-corrected chi connectivity index (χ1v) is 9.88. The van der Waals surface area contributed by atoms with Crippen molar-refractivity contribution in [1.29, 1.82) is 0 Å². The van der Waals surface area contributed by atoms with E-state index in [0.29, 0.717) is 23.1 Å². The van der Waals surface area contributed by atoms with E-state index in [1.54, 1.807) is 30.3 Å². The van der Waals surface area contributed by atoms with Gasteiger partial charge in [0.05, 0.1) is 17.6 Å². The van der Waals surface area contributed by atoms with Crippen molar-refractivity contribution in [3.05, 3.63) is 48.3 Å². The summed E-state index contributed by atoms with van der Waals surface area (Å²) in [6.07, 6.45) is 7.56. The fourth-order valence-corrected chi connectivity index (χ4v) is 3.73. The molecule has 0 radical (unpaired) electrons. The number of nitrogens with one attached hydrogen (secondary N) is 2. The van der Waals surface area contributed by atoms with Crippen LogP contribution in [0, 0.1) is 0 Å². The molecule has 1 aromatic heterocycles. The summed E-state index contributed by atoms with van der Waals surface area (Å²) in [4.78, 5) is 12.7. The molecule has 1 saturated carbocycles. The van der Waals surface area contributed by atoms with Crippen LogP contribution in [0.5, 0.6) is 0 Å². The van der Waals surface area contributed by atoms with E-state index >= 15 is 0 Å². The van der Waals surface area contributed by atoms with E-state index in [0.717, 1.165) is 19.1 Å². The zero-order chi connectivity index (χ0) is 17.2. The Morgan fingerprint density at radius 3 is 2.42 bits per heavy atom. The monoisotopic (exact) mass is 347 g/mol. The molecule has 3 rings (SSSR count). The number of anilines is 2. The van der Waals surface area contributed by atoms with Gasteiger partial charge in [0.15, 0.2) is 0 Å². The molecule has 2 N–H and O–H groups in total. The van der Waals surface area contributed by atoms with Gasteiger partial charge in [-0.3, -0.25) is 9.52 Å². The third-order valence-electron chi connectivity index (χ3n) is 4.20. The number of amides is 1. The second-order valence-corrected chi connectivity index (χ2v) is 7.86. The van der Waals surface area contributed by atoms with Gasteiger partial charge in [0.1, 0.15) is 5.69 Å². The Labute approximate surface area is 141 Å². The van der Waals surface area contributed by atoms with Crippen molar-refractivity contribution in [2.45, 2.75) is 31.7 Å². The highest BCUT2D eigenvalue weighted by Crippen LogP contribution is 2.31. The lowest BCUT2D eigenvalue weighted by Gasteiger charge is -2.17. The zero-order valence-electron chi connectivity index (χ0n) is 13.5. The van der Waals surface area contributed by atoms with Gasteiger partial charge in [-0.15, -0.1) is 0 Å². The Morgan fingerprint density at radius 1 is 1.08 bits per heavy atom. The van der Waals surface area contributed by atoms with Crippen molar-refractivity contribution in [3.8, 4) is 0 Å². The van der Waals surface area contributed by atoms with Crippen molar-refractivity contribution < 1.29 is 13.2 Å². The van der Waals surface area contributed by atoms with E-state index in [1.807, 2.05) is 16.8 Å². The topological polar surface area (TPSA) is 80.2 Å². The number of aromatic nitrogens is 1. The van der Waals surface area contributed by atoms with Gasteiger partial charge in [0.25, 0.3) is 5.91 Å². The first-order valence-electron chi connectivity index (χ1n) is 7.99. The second kappa shape index (κ2) is 6.68. The predicted molar refractivity (Wildman–Crippen MR) is 94.8 cm³/mol. The van der Waals surface area contributed by atoms with Crippen LogP contribution in [0.25, 0.3) is 0 Å². The Kier molecular flexibility index (Phi) is 4.62. The molecular weight excluding hydrogens is 326 g/mol. The summed E-state index contributed by atoms with van der Waals surface area (Å²) in [6.45, 7) is 0. The Hall–Kier alpha value is -2.28. The molecule has 128 valence electrons. The first kappa shape index (κ1) is 16.6. The number of hydrogen-bond acceptors (Lipinski definition) is 3. The van der Waals surface area contributed by atoms with Crippen LogP contribution in [0.1, 0.15) is 42.2 Å². The molecule has 1 amide bonds. The summed E-state index contributed by atoms with van der Waals surface area (Å²) in [6, 6.07) is 10.8. The molecule has 0 saturated heterocycles. The molecule has 1 aliphatic carbocycles. The normalized spacial score (nSPS) is 15.4. The van der Waals surface area contributed by atoms with E-state index in [-0.39, 0.29) is 5.91 Å². The summed E-state index contributed by atoms with van der Waals surface area (Å²) in [5.41, 5.74) is 1.38. The average molecular weight is 347 g/mol. The van der Waals surface area contributed by atoms with Gasteiger partial charge in [-0.1, -0.05) is 25.0 Å². The van der Waals surface area contributed by atoms with Gasteiger partial charge < -0.3 is 9.88 Å². The molecule has 1 heterocycles. The summed E-state index contributed by atoms with van der Waals surface area (Å²) in [5.74, 6) is -0.241. The number of hydrogen-bond donors (Lipinski definition) is 2. The largest absolute Gasteiger partial charge is 0.340 e. The van der Waals surface area contributed by atoms with Gasteiger partial charge in [-0.2, -0.15) is 0 Å². The van der Waals surface area contributed by atoms with Crippen molar-refractivity contribution in [3.63, 3.8) is 0 Å². The van der Waals surface area contributed by atoms with E-state index < -0.39 is 10.0 Å². The van der Waals surface area contributed by atoms with E-state index in [4.69, 9.17) is 0 Å². The van der Waals surface area contributed by atoms with Crippen LogP contribution < -0.4 is 10.0 Å². The Balaban J connectivity index is 1.82. The number of rotatable bonds is 5. The molecule has 0 bridgehead atoms. The molecule has 1 aromatic carbocycles. The summed E-state index contributed by atoms with van der Waals surface area (Å²) >= 11 is 0. The fourth-order valence-electron chi connectivity index (χ4n) is 3.15. The van der Waals surface area contributed by atoms with Crippen LogP contribution in [0.2, 0.25) is 0 Å². The highest BCUT2D eigenvalue weighted by atomic mass is 32.2. The maximum absolute atomic E-state index is 12.7. The number of para-hydroxylation sites is 2. The molecule has 2 aromatic rings. The van der Waals surface area contributed by atoms with Crippen LogP contribution in [-0.4, -0.2) is 25.1 Å². The minimum Gasteiger partial charge on any atom is -0.340 e. The SMILES string of the molecule is CS(=O)(=O)Nc1ccccc1NC(=O)c1cccn1C1CCCC1. The van der Waals surface area contributed by atoms with E-state index in [2.05, 4.69) is 10.0 Å². The molecule has 0 spiro atoms. The molecule has 1 aliphatic rings. The van der Waals surface area contributed by atoms with Gasteiger partial charge in [-0.05, 0) is 37.1 Å². The summed E-state index contributed by atoms with van der Waals surface area (Å²) < 4.78 is 27.4. The number of sulfonamides is 1. The molecule has 1 fully saturated rings. The van der Waals surface area contributed by atoms with Crippen molar-refractivity contribution in [2.75, 3.05) is 16.3 Å². The van der Waals surface area contributed by atoms with E-state index in [9.17, 15) is 13.2 Å². The molecule has 7 heteroatoms. The summed E-state index contributed by atoms with van der Waals surface area (Å²) in [5, 5.41) is 2.81. The third-order valence-corrected chi connectivity index (χ3v) is 4.79. The van der Waals surface area contributed by atoms with Crippen LogP contribution >= 0.6 is 0 Å². The number of carbonyl (C=O) groups is 1. The lowest BCUT2D eigenvalue weighted by molar-refractivity contribution is 0.101. The third kappa shape index (κ3) is 3.79. The fraction of sp³-hybridized carbons (Fsp3) is 0.353. The smallest absolute Gasteiger partial charge is 0.272 e. The Morgan fingerprint density at radius 2 is 1.75 bits per heavy atom. The molecule has 0 atom stereocenters. The highest BCUT2D eigenvalue weighted by Gasteiger charge is 2.21. The Bertz CT molecular complexity index is 836. The maximum Gasteiger partial charge on any atom is 0.272 e. The standard InChI is InChI=1S/C17H21N3O3S/c1-24(22,23)19-15-10-5-4-9-14(15)18-17(21)16-11-6-12-20(16)13-7-2-3-8-13/h4-6,9-13,19H,2-3,7-8H2,1H3,(H,18,21). The van der Waals surface area contributed by atoms with Crippen molar-refractivity contribution >= 4 is 27.3 Å². The minimum atomic E-state index is -3.42. The predicted octanol–water partition coefficient (Wildman–Crippen LogP) is 3.23. The van der Waals surface area contributed by atoms with Crippen LogP contribution in [0.15, 0.2) is 42.6 Å². The van der Waals surface area contributed by atoms with Crippen LogP contribution in [0.3, 0.4) is 0 Å². The number of carbonyl (C=O) groups excluding carboxylic acids is 1. The van der Waals surface area contributed by atoms with Crippen molar-refractivity contribution in [1.82, 2.24) is 4.57 Å². The van der Waals surface area contributed by atoms with Crippen molar-refractivity contribution in [2.24, 2.45) is 0 Å². The van der Waals surface area contributed by atoms with E-state index in [1.165, 1.54) is 12.8 Å². The van der Waals surface area contributed by atoms with Crippen LogP contribution in [0.4, 0.5) is 11.4 Å². The number of benzene rings is 1. The first-order chi connectivity index (χ1) is 11.4. The molecule has 24 heavy (non-hydrogen) atoms. The average Bonchev–Trinajstić information content (AvgIpc) is 3.18. The van der Waals surface area contributed by atoms with Crippen LogP contribution in [-0.2, 0) is 10.0 Å². The summed E-state index contributed by atoms with van der Waals surface area (Å²) in [7, 11) is -3.42. The quantitative estimate of drug-likeness (QED) is 0.871.